The summed E-state index contributed by atoms with van der Waals surface area (Å²) in [4.78, 5) is 27.0. The summed E-state index contributed by atoms with van der Waals surface area (Å²) in [5, 5.41) is 2.99. The fourth-order valence-electron chi connectivity index (χ4n) is 4.01. The van der Waals surface area contributed by atoms with Gasteiger partial charge in [0.15, 0.2) is 5.84 Å². The molecule has 2 aliphatic rings. The van der Waals surface area contributed by atoms with Gasteiger partial charge in [0.1, 0.15) is 10.6 Å². The second-order valence-corrected chi connectivity index (χ2v) is 9.80. The van der Waals surface area contributed by atoms with Crippen LogP contribution in [0.4, 0.5) is 11.4 Å². The Balaban J connectivity index is 1.28. The molecule has 1 unspecified atom stereocenters. The second kappa shape index (κ2) is 8.42. The van der Waals surface area contributed by atoms with Crippen molar-refractivity contribution in [2.45, 2.75) is 18.2 Å². The highest BCUT2D eigenvalue weighted by Crippen LogP contribution is 2.29. The Bertz CT molecular complexity index is 1430. The summed E-state index contributed by atoms with van der Waals surface area (Å²) in [6.45, 7) is 2.22. The lowest BCUT2D eigenvalue weighted by molar-refractivity contribution is -0.139. The number of anilines is 2. The number of nitrogens with one attached hydrogen (secondary N) is 1. The second-order valence-electron chi connectivity index (χ2n) is 8.23. The molecule has 8 nitrogen and oxygen atoms in total. The van der Waals surface area contributed by atoms with Crippen molar-refractivity contribution in [1.29, 1.82) is 0 Å². The Kier molecular flexibility index (Phi) is 5.41. The van der Waals surface area contributed by atoms with Crippen LogP contribution in [0.25, 0.3) is 0 Å². The zero-order valence-electron chi connectivity index (χ0n) is 18.3. The SMILES string of the molecule is Cc1ccc(N2CC(C(=O)Oc3cccc(NC4=NS(=O)(=O)c5ccccc54)c3)CC2=O)cc1. The zero-order chi connectivity index (χ0) is 23.9. The van der Waals surface area contributed by atoms with E-state index in [0.717, 1.165) is 11.3 Å². The standard InChI is InChI=1S/C25H21N3O5S/c1-16-9-11-19(12-10-16)28-15-17(13-23(28)29)25(30)33-20-6-4-5-18(14-20)26-24-21-7-2-3-8-22(21)34(31,32)27-24/h2-12,14,17H,13,15H2,1H3,(H,26,27). The molecule has 0 bridgehead atoms. The maximum atomic E-state index is 12.8. The van der Waals surface area contributed by atoms with Gasteiger partial charge in [-0.1, -0.05) is 35.9 Å². The number of benzene rings is 3. The third kappa shape index (κ3) is 4.17. The van der Waals surface area contributed by atoms with Crippen LogP contribution < -0.4 is 15.0 Å². The van der Waals surface area contributed by atoms with Gasteiger partial charge in [0.25, 0.3) is 10.0 Å². The van der Waals surface area contributed by atoms with Crippen LogP contribution in [0.15, 0.2) is 82.1 Å². The van der Waals surface area contributed by atoms with Gasteiger partial charge in [0, 0.05) is 36.0 Å². The Hall–Kier alpha value is -3.98. The van der Waals surface area contributed by atoms with Crippen LogP contribution in [0.3, 0.4) is 0 Å². The largest absolute Gasteiger partial charge is 0.426 e. The molecule has 0 saturated carbocycles. The van der Waals surface area contributed by atoms with Crippen molar-refractivity contribution < 1.29 is 22.7 Å². The number of ether oxygens (including phenoxy) is 1. The first-order valence-corrected chi connectivity index (χ1v) is 12.1. The van der Waals surface area contributed by atoms with Crippen LogP contribution in [-0.4, -0.2) is 32.7 Å². The molecule has 1 saturated heterocycles. The number of fused-ring (bicyclic) bond motifs is 1. The Morgan fingerprint density at radius 2 is 1.82 bits per heavy atom. The summed E-state index contributed by atoms with van der Waals surface area (Å²) >= 11 is 0. The molecule has 34 heavy (non-hydrogen) atoms. The normalized spacial score (nSPS) is 18.4. The molecule has 172 valence electrons. The summed E-state index contributed by atoms with van der Waals surface area (Å²) in [7, 11) is -3.75. The van der Waals surface area contributed by atoms with E-state index in [1.54, 1.807) is 47.4 Å². The fraction of sp³-hybridized carbons (Fsp3) is 0.160. The molecule has 3 aromatic carbocycles. The Morgan fingerprint density at radius 1 is 1.06 bits per heavy atom. The van der Waals surface area contributed by atoms with Crippen molar-refractivity contribution in [3.05, 3.63) is 83.9 Å². The van der Waals surface area contributed by atoms with E-state index in [9.17, 15) is 18.0 Å². The van der Waals surface area contributed by atoms with Crippen LogP contribution in [0.5, 0.6) is 5.75 Å². The monoisotopic (exact) mass is 475 g/mol. The van der Waals surface area contributed by atoms with Gasteiger partial charge < -0.3 is 15.0 Å². The third-order valence-electron chi connectivity index (χ3n) is 5.75. The number of sulfonamides is 1. The number of amidine groups is 1. The number of nitrogens with zero attached hydrogens (tertiary/aromatic N) is 2. The maximum Gasteiger partial charge on any atom is 0.316 e. The first-order chi connectivity index (χ1) is 16.3. The van der Waals surface area contributed by atoms with Crippen LogP contribution in [-0.2, 0) is 19.6 Å². The smallest absolute Gasteiger partial charge is 0.316 e. The van der Waals surface area contributed by atoms with Gasteiger partial charge in [-0.3, -0.25) is 9.59 Å². The lowest BCUT2D eigenvalue weighted by atomic mass is 10.1. The Morgan fingerprint density at radius 3 is 2.62 bits per heavy atom. The average molecular weight is 476 g/mol. The molecule has 0 aromatic heterocycles. The van der Waals surface area contributed by atoms with Crippen molar-refractivity contribution in [1.82, 2.24) is 0 Å². The number of rotatable bonds is 4. The molecule has 1 fully saturated rings. The molecule has 2 aliphatic heterocycles. The number of hydrogen-bond acceptors (Lipinski definition) is 6. The number of aryl methyl sites for hydroxylation is 1. The predicted molar refractivity (Wildman–Crippen MR) is 128 cm³/mol. The van der Waals surface area contributed by atoms with Crippen molar-refractivity contribution in [3.8, 4) is 5.75 Å². The number of amides is 1. The minimum atomic E-state index is -3.75. The van der Waals surface area contributed by atoms with Gasteiger partial charge in [-0.15, -0.1) is 4.40 Å². The molecular weight excluding hydrogens is 454 g/mol. The van der Waals surface area contributed by atoms with E-state index in [-0.39, 0.29) is 35.4 Å². The van der Waals surface area contributed by atoms with E-state index in [2.05, 4.69) is 9.71 Å². The quantitative estimate of drug-likeness (QED) is 0.457. The molecule has 1 N–H and O–H groups in total. The van der Waals surface area contributed by atoms with Crippen LogP contribution in [0.1, 0.15) is 17.5 Å². The zero-order valence-corrected chi connectivity index (χ0v) is 19.1. The maximum absolute atomic E-state index is 12.8. The molecule has 0 spiro atoms. The van der Waals surface area contributed by atoms with Crippen LogP contribution in [0.2, 0.25) is 0 Å². The van der Waals surface area contributed by atoms with E-state index in [4.69, 9.17) is 4.74 Å². The number of hydrogen-bond donors (Lipinski definition) is 1. The molecule has 1 amide bonds. The molecule has 1 atom stereocenters. The van der Waals surface area contributed by atoms with Crippen LogP contribution >= 0.6 is 0 Å². The van der Waals surface area contributed by atoms with Crippen molar-refractivity contribution >= 4 is 39.1 Å². The third-order valence-corrected chi connectivity index (χ3v) is 7.09. The van der Waals surface area contributed by atoms with Gasteiger partial charge in [-0.25, -0.2) is 0 Å². The molecule has 0 aliphatic carbocycles. The molecule has 5 rings (SSSR count). The summed E-state index contributed by atoms with van der Waals surface area (Å²) in [6, 6.07) is 20.7. The van der Waals surface area contributed by atoms with Gasteiger partial charge in [-0.05, 0) is 43.3 Å². The van der Waals surface area contributed by atoms with Crippen LogP contribution in [0, 0.1) is 12.8 Å². The van der Waals surface area contributed by atoms with Crippen molar-refractivity contribution in [3.63, 3.8) is 0 Å². The molecule has 3 aromatic rings. The van der Waals surface area contributed by atoms with E-state index in [1.165, 1.54) is 6.07 Å². The fourth-order valence-corrected chi connectivity index (χ4v) is 5.19. The summed E-state index contributed by atoms with van der Waals surface area (Å²) in [5.41, 5.74) is 2.83. The molecule has 0 radical (unpaired) electrons. The van der Waals surface area contributed by atoms with Gasteiger partial charge in [-0.2, -0.15) is 8.42 Å². The van der Waals surface area contributed by atoms with E-state index >= 15 is 0 Å². The van der Waals surface area contributed by atoms with Gasteiger partial charge in [0.2, 0.25) is 5.91 Å². The Labute approximate surface area is 196 Å². The molecular formula is C25H21N3O5S. The first-order valence-electron chi connectivity index (χ1n) is 10.7. The lowest BCUT2D eigenvalue weighted by Gasteiger charge is -2.16. The van der Waals surface area contributed by atoms with E-state index < -0.39 is 21.9 Å². The summed E-state index contributed by atoms with van der Waals surface area (Å²) in [5.74, 6) is -0.714. The predicted octanol–water partition coefficient (Wildman–Crippen LogP) is 3.51. The number of esters is 1. The average Bonchev–Trinajstić information content (AvgIpc) is 3.32. The summed E-state index contributed by atoms with van der Waals surface area (Å²) in [6.07, 6.45) is 0.0795. The highest BCUT2D eigenvalue weighted by molar-refractivity contribution is 7.90. The highest BCUT2D eigenvalue weighted by atomic mass is 32.2. The molecule has 9 heteroatoms. The molecule has 2 heterocycles. The number of carbonyl (C=O) groups is 2. The minimum Gasteiger partial charge on any atom is -0.426 e. The highest BCUT2D eigenvalue weighted by Gasteiger charge is 2.36. The summed E-state index contributed by atoms with van der Waals surface area (Å²) < 4.78 is 33.9. The van der Waals surface area contributed by atoms with Gasteiger partial charge in [0.05, 0.1) is 5.92 Å². The first kappa shape index (κ1) is 21.8. The van der Waals surface area contributed by atoms with Crippen molar-refractivity contribution in [2.24, 2.45) is 10.3 Å². The van der Waals surface area contributed by atoms with E-state index in [1.807, 2.05) is 31.2 Å². The lowest BCUT2D eigenvalue weighted by Crippen LogP contribution is -2.27. The minimum absolute atomic E-state index is 0.0795. The topological polar surface area (TPSA) is 105 Å². The van der Waals surface area contributed by atoms with Crippen molar-refractivity contribution in [2.75, 3.05) is 16.8 Å². The number of carbonyl (C=O) groups excluding carboxylic acids is 2. The van der Waals surface area contributed by atoms with E-state index in [0.29, 0.717) is 11.3 Å². The van der Waals surface area contributed by atoms with Gasteiger partial charge >= 0.3 is 5.97 Å².